The molecule has 21 heavy (non-hydrogen) atoms. The van der Waals surface area contributed by atoms with Crippen LogP contribution in [0.4, 0.5) is 0 Å². The number of ether oxygens (including phenoxy) is 1. The van der Waals surface area contributed by atoms with Crippen molar-refractivity contribution in [3.63, 3.8) is 0 Å². The van der Waals surface area contributed by atoms with Crippen molar-refractivity contribution < 1.29 is 14.7 Å². The molecule has 1 heterocycles. The fourth-order valence-electron chi connectivity index (χ4n) is 2.57. The van der Waals surface area contributed by atoms with Crippen LogP contribution in [0.3, 0.4) is 0 Å². The molecule has 0 aliphatic carbocycles. The molecule has 1 amide bonds. The summed E-state index contributed by atoms with van der Waals surface area (Å²) in [5.74, 6) is 0.616. The van der Waals surface area contributed by atoms with E-state index in [9.17, 15) is 4.79 Å². The lowest BCUT2D eigenvalue weighted by molar-refractivity contribution is 0.0917. The largest absolute Gasteiger partial charge is 0.493 e. The minimum absolute atomic E-state index is 0.0188. The van der Waals surface area contributed by atoms with E-state index in [-0.39, 0.29) is 11.7 Å². The van der Waals surface area contributed by atoms with Crippen molar-refractivity contribution >= 4 is 11.7 Å². The number of amides is 1. The van der Waals surface area contributed by atoms with Gasteiger partial charge in [-0.2, -0.15) is 0 Å². The standard InChI is InChI=1S/C15H21N3O3/c1-3-15(4-2,14(16)18-20)17-13(19)11-5-6-12-10(9-11)7-8-21-12/h5-6,9,20H,3-4,7-8H2,1-2H3,(H2,16,18)(H,17,19). The number of oxime groups is 1. The highest BCUT2D eigenvalue weighted by Gasteiger charge is 2.33. The Labute approximate surface area is 124 Å². The molecule has 114 valence electrons. The fourth-order valence-corrected chi connectivity index (χ4v) is 2.57. The van der Waals surface area contributed by atoms with E-state index in [1.807, 2.05) is 19.9 Å². The predicted molar refractivity (Wildman–Crippen MR) is 79.8 cm³/mol. The Kier molecular flexibility index (Phi) is 4.35. The molecule has 4 N–H and O–H groups in total. The monoisotopic (exact) mass is 291 g/mol. The highest BCUT2D eigenvalue weighted by molar-refractivity contribution is 6.00. The maximum atomic E-state index is 12.5. The topological polar surface area (TPSA) is 96.9 Å². The van der Waals surface area contributed by atoms with Crippen LogP contribution in [0.2, 0.25) is 0 Å². The van der Waals surface area contributed by atoms with Gasteiger partial charge < -0.3 is 21.0 Å². The average Bonchev–Trinajstić information content (AvgIpc) is 2.99. The van der Waals surface area contributed by atoms with Gasteiger partial charge in [0.25, 0.3) is 5.91 Å². The van der Waals surface area contributed by atoms with Gasteiger partial charge in [0.05, 0.1) is 6.61 Å². The molecule has 0 radical (unpaired) electrons. The van der Waals surface area contributed by atoms with E-state index in [1.165, 1.54) is 0 Å². The lowest BCUT2D eigenvalue weighted by Crippen LogP contribution is -2.56. The van der Waals surface area contributed by atoms with Gasteiger partial charge >= 0.3 is 0 Å². The maximum absolute atomic E-state index is 12.5. The third kappa shape index (κ3) is 2.79. The number of carbonyl (C=O) groups is 1. The van der Waals surface area contributed by atoms with Gasteiger partial charge in [-0.1, -0.05) is 19.0 Å². The third-order valence-electron chi connectivity index (χ3n) is 4.11. The van der Waals surface area contributed by atoms with Crippen molar-refractivity contribution in [2.45, 2.75) is 38.6 Å². The van der Waals surface area contributed by atoms with Crippen molar-refractivity contribution in [1.29, 1.82) is 0 Å². The summed E-state index contributed by atoms with van der Waals surface area (Å²) in [6.07, 6.45) is 1.89. The normalized spacial score (nSPS) is 14.5. The van der Waals surface area contributed by atoms with E-state index >= 15 is 0 Å². The van der Waals surface area contributed by atoms with Crippen LogP contribution in [0.1, 0.15) is 42.6 Å². The Morgan fingerprint density at radius 2 is 2.19 bits per heavy atom. The van der Waals surface area contributed by atoms with Crippen molar-refractivity contribution in [2.75, 3.05) is 6.61 Å². The van der Waals surface area contributed by atoms with Crippen LogP contribution in [0.5, 0.6) is 5.75 Å². The molecular formula is C15H21N3O3. The van der Waals surface area contributed by atoms with Gasteiger partial charge in [0.2, 0.25) is 0 Å². The summed E-state index contributed by atoms with van der Waals surface area (Å²) in [4.78, 5) is 12.5. The van der Waals surface area contributed by atoms with E-state index in [2.05, 4.69) is 10.5 Å². The Balaban J connectivity index is 2.23. The van der Waals surface area contributed by atoms with Crippen LogP contribution in [0, 0.1) is 0 Å². The van der Waals surface area contributed by atoms with Gasteiger partial charge in [-0.15, -0.1) is 0 Å². The molecular weight excluding hydrogens is 270 g/mol. The number of nitrogens with one attached hydrogen (secondary N) is 1. The summed E-state index contributed by atoms with van der Waals surface area (Å²) in [6, 6.07) is 5.36. The number of hydrogen-bond acceptors (Lipinski definition) is 4. The lowest BCUT2D eigenvalue weighted by Gasteiger charge is -2.31. The Morgan fingerprint density at radius 1 is 1.48 bits per heavy atom. The second kappa shape index (κ2) is 6.03. The molecule has 0 atom stereocenters. The zero-order valence-electron chi connectivity index (χ0n) is 12.3. The second-order valence-electron chi connectivity index (χ2n) is 5.15. The maximum Gasteiger partial charge on any atom is 0.252 e. The van der Waals surface area contributed by atoms with E-state index in [0.717, 1.165) is 17.7 Å². The molecule has 0 unspecified atom stereocenters. The zero-order valence-corrected chi connectivity index (χ0v) is 12.3. The predicted octanol–water partition coefficient (Wildman–Crippen LogP) is 1.66. The van der Waals surface area contributed by atoms with Crippen LogP contribution < -0.4 is 15.8 Å². The van der Waals surface area contributed by atoms with Crippen LogP contribution in [0.25, 0.3) is 0 Å². The first-order valence-corrected chi connectivity index (χ1v) is 7.12. The summed E-state index contributed by atoms with van der Waals surface area (Å²) in [7, 11) is 0. The molecule has 0 spiro atoms. The number of hydrogen-bond donors (Lipinski definition) is 3. The summed E-state index contributed by atoms with van der Waals surface area (Å²) in [5, 5.41) is 14.9. The molecule has 6 nitrogen and oxygen atoms in total. The number of nitrogens with two attached hydrogens (primary N) is 1. The molecule has 1 aromatic carbocycles. The Bertz CT molecular complexity index is 565. The minimum atomic E-state index is -0.832. The summed E-state index contributed by atoms with van der Waals surface area (Å²) in [5.41, 5.74) is 6.51. The molecule has 1 aromatic rings. The smallest absolute Gasteiger partial charge is 0.252 e. The molecule has 2 rings (SSSR count). The number of carbonyl (C=O) groups excluding carboxylic acids is 1. The van der Waals surface area contributed by atoms with Crippen LogP contribution >= 0.6 is 0 Å². The van der Waals surface area contributed by atoms with Crippen LogP contribution in [0.15, 0.2) is 23.4 Å². The van der Waals surface area contributed by atoms with E-state index in [0.29, 0.717) is 25.0 Å². The van der Waals surface area contributed by atoms with Gasteiger partial charge in [-0.05, 0) is 36.6 Å². The first-order chi connectivity index (χ1) is 10.1. The molecule has 0 bridgehead atoms. The van der Waals surface area contributed by atoms with E-state index in [1.54, 1.807) is 12.1 Å². The highest BCUT2D eigenvalue weighted by atomic mass is 16.5. The average molecular weight is 291 g/mol. The molecule has 1 aliphatic heterocycles. The molecule has 0 saturated heterocycles. The minimum Gasteiger partial charge on any atom is -0.493 e. The number of amidine groups is 1. The van der Waals surface area contributed by atoms with Crippen molar-refractivity contribution in [1.82, 2.24) is 5.32 Å². The quantitative estimate of drug-likeness (QED) is 0.332. The van der Waals surface area contributed by atoms with Gasteiger partial charge in [0, 0.05) is 12.0 Å². The summed E-state index contributed by atoms with van der Waals surface area (Å²) >= 11 is 0. The van der Waals surface area contributed by atoms with Gasteiger partial charge in [-0.25, -0.2) is 0 Å². The molecule has 0 saturated carbocycles. The third-order valence-corrected chi connectivity index (χ3v) is 4.11. The van der Waals surface area contributed by atoms with Crippen molar-refractivity contribution in [3.8, 4) is 5.75 Å². The number of fused-ring (bicyclic) bond motifs is 1. The van der Waals surface area contributed by atoms with Gasteiger partial charge in [0.15, 0.2) is 5.84 Å². The number of rotatable bonds is 5. The molecule has 6 heteroatoms. The van der Waals surface area contributed by atoms with Crippen molar-refractivity contribution in [3.05, 3.63) is 29.3 Å². The Morgan fingerprint density at radius 3 is 2.81 bits per heavy atom. The highest BCUT2D eigenvalue weighted by Crippen LogP contribution is 2.26. The first-order valence-electron chi connectivity index (χ1n) is 7.12. The van der Waals surface area contributed by atoms with Crippen LogP contribution in [-0.2, 0) is 6.42 Å². The fraction of sp³-hybridized carbons (Fsp3) is 0.467. The first kappa shape index (κ1) is 15.2. The SMILES string of the molecule is CCC(CC)(NC(=O)c1ccc2c(c1)CCO2)C(N)=NO. The molecule has 1 aliphatic rings. The van der Waals surface area contributed by atoms with Gasteiger partial charge in [0.1, 0.15) is 11.3 Å². The number of nitrogens with zero attached hydrogens (tertiary/aromatic N) is 1. The van der Waals surface area contributed by atoms with Crippen LogP contribution in [-0.4, -0.2) is 29.1 Å². The van der Waals surface area contributed by atoms with Crippen molar-refractivity contribution in [2.24, 2.45) is 10.9 Å². The zero-order chi connectivity index (χ0) is 15.5. The van der Waals surface area contributed by atoms with E-state index in [4.69, 9.17) is 15.7 Å². The van der Waals surface area contributed by atoms with Gasteiger partial charge in [-0.3, -0.25) is 4.79 Å². The number of benzene rings is 1. The molecule has 0 fully saturated rings. The lowest BCUT2D eigenvalue weighted by atomic mass is 9.91. The summed E-state index contributed by atoms with van der Waals surface area (Å²) < 4.78 is 5.43. The molecule has 0 aromatic heterocycles. The Hall–Kier alpha value is -2.24. The second-order valence-corrected chi connectivity index (χ2v) is 5.15. The summed E-state index contributed by atoms with van der Waals surface area (Å²) in [6.45, 7) is 4.43. The van der Waals surface area contributed by atoms with E-state index < -0.39 is 5.54 Å².